The summed E-state index contributed by atoms with van der Waals surface area (Å²) in [5, 5.41) is 2.95. The Morgan fingerprint density at radius 3 is 2.49 bits per heavy atom. The van der Waals surface area contributed by atoms with Crippen LogP contribution < -0.4 is 5.32 Å². The van der Waals surface area contributed by atoms with Gasteiger partial charge in [-0.2, -0.15) is 11.8 Å². The predicted octanol–water partition coefficient (Wildman–Crippen LogP) is 8.59. The summed E-state index contributed by atoms with van der Waals surface area (Å²) in [5.74, 6) is 1.83. The Kier molecular flexibility index (Phi) is 14.6. The molecule has 1 fully saturated rings. The van der Waals surface area contributed by atoms with Gasteiger partial charge < -0.3 is 14.8 Å². The van der Waals surface area contributed by atoms with Crippen molar-refractivity contribution in [2.24, 2.45) is 5.92 Å². The molecule has 1 N–H and O–H groups in total. The molecule has 0 bridgehead atoms. The highest BCUT2D eigenvalue weighted by molar-refractivity contribution is 7.99. The molecule has 1 aliphatic rings. The number of carbonyl (C=O) groups excluding carboxylic acids is 2. The number of nitrogens with one attached hydrogen (secondary N) is 1. The van der Waals surface area contributed by atoms with E-state index in [9.17, 15) is 9.59 Å². The Bertz CT molecular complexity index is 1100. The molecule has 2 aromatic rings. The third kappa shape index (κ3) is 10.4. The summed E-state index contributed by atoms with van der Waals surface area (Å²) in [6.07, 6.45) is 12.7. The third-order valence-corrected chi connectivity index (χ3v) is 9.76. The van der Waals surface area contributed by atoms with Crippen molar-refractivity contribution in [2.75, 3.05) is 24.9 Å². The SMILES string of the molecule is CCCCSC(OC(C)CC1CCCCC1)c1ccc(C(=O)N[C@@H](CCSC)C(=O)OC)c(-c2ccccc2C)c1. The van der Waals surface area contributed by atoms with Gasteiger partial charge in [-0.25, -0.2) is 4.79 Å². The van der Waals surface area contributed by atoms with E-state index in [0.717, 1.165) is 58.9 Å². The predicted molar refractivity (Wildman–Crippen MR) is 175 cm³/mol. The fourth-order valence-electron chi connectivity index (χ4n) is 5.57. The lowest BCUT2D eigenvalue weighted by Crippen LogP contribution is -2.42. The van der Waals surface area contributed by atoms with Gasteiger partial charge >= 0.3 is 5.97 Å². The van der Waals surface area contributed by atoms with Crippen LogP contribution in [0.4, 0.5) is 0 Å². The van der Waals surface area contributed by atoms with Crippen LogP contribution in [0.3, 0.4) is 0 Å². The molecule has 0 aliphatic heterocycles. The van der Waals surface area contributed by atoms with E-state index in [4.69, 9.17) is 9.47 Å². The lowest BCUT2D eigenvalue weighted by molar-refractivity contribution is -0.142. The standard InChI is InChI=1S/C34H49NO4S2/c1-6-7-20-41-34(39-25(3)22-26-14-9-8-10-15-26)27-17-18-29(30(23-27)28-16-12-11-13-24(28)2)32(36)35-31(19-21-40-5)33(37)38-4/h11-13,16-18,23,25-26,31,34H,6-10,14-15,19-22H2,1-5H3,(H,35,36)/t25?,31-,34?/m0/s1. The molecular weight excluding hydrogens is 551 g/mol. The Labute approximate surface area is 256 Å². The van der Waals surface area contributed by atoms with E-state index < -0.39 is 12.0 Å². The first-order chi connectivity index (χ1) is 19.9. The van der Waals surface area contributed by atoms with Crippen LogP contribution in [0, 0.1) is 12.8 Å². The number of benzene rings is 2. The molecule has 2 unspecified atom stereocenters. The van der Waals surface area contributed by atoms with Crippen molar-refractivity contribution in [1.29, 1.82) is 0 Å². The number of rotatable bonds is 16. The van der Waals surface area contributed by atoms with Gasteiger partial charge in [-0.3, -0.25) is 4.79 Å². The molecule has 5 nitrogen and oxygen atoms in total. The fraction of sp³-hybridized carbons (Fsp3) is 0.588. The van der Waals surface area contributed by atoms with Gasteiger partial charge in [0.05, 0.1) is 13.2 Å². The lowest BCUT2D eigenvalue weighted by atomic mass is 9.85. The van der Waals surface area contributed by atoms with Crippen LogP contribution in [0.1, 0.15) is 98.6 Å². The Hall–Kier alpha value is -1.96. The second-order valence-corrected chi connectivity index (χ2v) is 13.3. The number of carbonyl (C=O) groups is 2. The number of hydrogen-bond donors (Lipinski definition) is 1. The molecule has 2 aromatic carbocycles. The smallest absolute Gasteiger partial charge is 0.328 e. The highest BCUT2D eigenvalue weighted by Crippen LogP contribution is 2.38. The Morgan fingerprint density at radius 1 is 1.05 bits per heavy atom. The van der Waals surface area contributed by atoms with Crippen molar-refractivity contribution in [3.63, 3.8) is 0 Å². The van der Waals surface area contributed by atoms with Gasteiger partial charge in [0, 0.05) is 5.56 Å². The zero-order chi connectivity index (χ0) is 29.6. The maximum atomic E-state index is 13.7. The molecule has 0 aromatic heterocycles. The van der Waals surface area contributed by atoms with Crippen LogP contribution in [-0.4, -0.2) is 48.9 Å². The molecule has 0 spiro atoms. The number of unbranched alkanes of at least 4 members (excludes halogenated alkanes) is 1. The maximum absolute atomic E-state index is 13.7. The first-order valence-corrected chi connectivity index (χ1v) is 17.7. The average Bonchev–Trinajstić information content (AvgIpc) is 2.98. The van der Waals surface area contributed by atoms with Gasteiger partial charge in [0.15, 0.2) is 0 Å². The summed E-state index contributed by atoms with van der Waals surface area (Å²) in [7, 11) is 1.36. The van der Waals surface area contributed by atoms with Crippen molar-refractivity contribution >= 4 is 35.4 Å². The molecule has 1 saturated carbocycles. The average molecular weight is 600 g/mol. The summed E-state index contributed by atoms with van der Waals surface area (Å²) in [6.45, 7) is 6.50. The van der Waals surface area contributed by atoms with Gasteiger partial charge in [0.1, 0.15) is 11.5 Å². The normalized spacial score (nSPS) is 16.1. The summed E-state index contributed by atoms with van der Waals surface area (Å²) < 4.78 is 11.7. The largest absolute Gasteiger partial charge is 0.467 e. The number of thioether (sulfide) groups is 2. The van der Waals surface area contributed by atoms with Crippen LogP contribution in [-0.2, 0) is 14.3 Å². The molecule has 0 saturated heterocycles. The summed E-state index contributed by atoms with van der Waals surface area (Å²) >= 11 is 3.49. The highest BCUT2D eigenvalue weighted by Gasteiger charge is 2.26. The zero-order valence-electron chi connectivity index (χ0n) is 25.6. The van der Waals surface area contributed by atoms with Gasteiger partial charge in [-0.05, 0) is 91.2 Å². The number of amides is 1. The van der Waals surface area contributed by atoms with Gasteiger partial charge in [-0.1, -0.05) is 75.8 Å². The first kappa shape index (κ1) is 33.5. The third-order valence-electron chi connectivity index (χ3n) is 7.91. The molecule has 0 heterocycles. The topological polar surface area (TPSA) is 64.6 Å². The second kappa shape index (κ2) is 17.9. The number of ether oxygens (including phenoxy) is 2. The molecule has 0 radical (unpaired) electrons. The molecule has 1 amide bonds. The van der Waals surface area contributed by atoms with E-state index in [1.165, 1.54) is 39.2 Å². The van der Waals surface area contributed by atoms with Crippen molar-refractivity contribution in [3.8, 4) is 11.1 Å². The van der Waals surface area contributed by atoms with Crippen molar-refractivity contribution in [1.82, 2.24) is 5.32 Å². The molecule has 3 rings (SSSR count). The minimum absolute atomic E-state index is 0.107. The first-order valence-electron chi connectivity index (χ1n) is 15.2. The van der Waals surface area contributed by atoms with Crippen molar-refractivity contribution < 1.29 is 19.1 Å². The van der Waals surface area contributed by atoms with Crippen molar-refractivity contribution in [2.45, 2.75) is 96.1 Å². The van der Waals surface area contributed by atoms with Crippen LogP contribution in [0.2, 0.25) is 0 Å². The van der Waals surface area contributed by atoms with E-state index in [1.807, 2.05) is 42.3 Å². The quantitative estimate of drug-likeness (QED) is 0.118. The van der Waals surface area contributed by atoms with Crippen molar-refractivity contribution in [3.05, 3.63) is 59.2 Å². The summed E-state index contributed by atoms with van der Waals surface area (Å²) in [6, 6.07) is 13.5. The van der Waals surface area contributed by atoms with Crippen LogP contribution in [0.5, 0.6) is 0 Å². The van der Waals surface area contributed by atoms with Gasteiger partial charge in [-0.15, -0.1) is 11.8 Å². The van der Waals surface area contributed by atoms with E-state index in [2.05, 4.69) is 44.3 Å². The molecule has 3 atom stereocenters. The molecule has 1 aliphatic carbocycles. The minimum atomic E-state index is -0.689. The van der Waals surface area contributed by atoms with E-state index >= 15 is 0 Å². The monoisotopic (exact) mass is 599 g/mol. The Morgan fingerprint density at radius 2 is 1.80 bits per heavy atom. The molecule has 7 heteroatoms. The number of methoxy groups -OCH3 is 1. The number of hydrogen-bond acceptors (Lipinski definition) is 6. The van der Waals surface area contributed by atoms with Crippen LogP contribution in [0.25, 0.3) is 11.1 Å². The van der Waals surface area contributed by atoms with Gasteiger partial charge in [0.2, 0.25) is 0 Å². The molecule has 226 valence electrons. The second-order valence-electron chi connectivity index (χ2n) is 11.2. The lowest BCUT2D eigenvalue weighted by Gasteiger charge is -2.28. The molecule has 41 heavy (non-hydrogen) atoms. The number of esters is 1. The Balaban J connectivity index is 1.94. The van der Waals surface area contributed by atoms with Gasteiger partial charge in [0.25, 0.3) is 5.91 Å². The van der Waals surface area contributed by atoms with E-state index in [1.54, 1.807) is 11.8 Å². The number of aryl methyl sites for hydroxylation is 1. The summed E-state index contributed by atoms with van der Waals surface area (Å²) in [5.41, 5.74) is 4.47. The maximum Gasteiger partial charge on any atom is 0.328 e. The minimum Gasteiger partial charge on any atom is -0.467 e. The van der Waals surface area contributed by atoms with E-state index in [-0.39, 0.29) is 17.4 Å². The molecular formula is C34H49NO4S2. The van der Waals surface area contributed by atoms with Crippen LogP contribution >= 0.6 is 23.5 Å². The van der Waals surface area contributed by atoms with Crippen LogP contribution in [0.15, 0.2) is 42.5 Å². The fourth-order valence-corrected chi connectivity index (χ4v) is 7.32. The highest BCUT2D eigenvalue weighted by atomic mass is 32.2. The zero-order valence-corrected chi connectivity index (χ0v) is 27.2. The van der Waals surface area contributed by atoms with E-state index in [0.29, 0.717) is 12.0 Å². The summed E-state index contributed by atoms with van der Waals surface area (Å²) in [4.78, 5) is 26.1.